The number of hydrogen-bond acceptors (Lipinski definition) is 7. The van der Waals surface area contributed by atoms with Crippen LogP contribution in [0.4, 0.5) is 17.1 Å². The number of rotatable bonds is 9. The largest absolute Gasteiger partial charge is 0.360 e. The molecule has 9 nitrogen and oxygen atoms in total. The van der Waals surface area contributed by atoms with E-state index < -0.39 is 36.0 Å². The molecule has 0 atom stereocenters. The van der Waals surface area contributed by atoms with Gasteiger partial charge in [-0.3, -0.25) is 20.2 Å². The Hall–Kier alpha value is -2.23. The average molecular weight is 359 g/mol. The highest BCUT2D eigenvalue weighted by Crippen LogP contribution is 2.40. The van der Waals surface area contributed by atoms with Crippen molar-refractivity contribution < 1.29 is 18.3 Å². The fourth-order valence-electron chi connectivity index (χ4n) is 2.40. The van der Waals surface area contributed by atoms with Crippen LogP contribution in [0.15, 0.2) is 17.0 Å². The summed E-state index contributed by atoms with van der Waals surface area (Å²) in [4.78, 5) is 22.5. The molecule has 1 aromatic rings. The van der Waals surface area contributed by atoms with E-state index in [0.29, 0.717) is 25.9 Å². The third-order valence-corrected chi connectivity index (χ3v) is 5.19. The molecule has 0 aliphatic heterocycles. The van der Waals surface area contributed by atoms with Crippen LogP contribution in [0.5, 0.6) is 0 Å². The molecule has 0 aromatic heterocycles. The van der Waals surface area contributed by atoms with Crippen molar-refractivity contribution >= 4 is 26.9 Å². The maximum absolute atomic E-state index is 12.0. The second-order valence-electron chi connectivity index (χ2n) is 5.21. The number of sulfone groups is 1. The van der Waals surface area contributed by atoms with Gasteiger partial charge in [0.05, 0.1) is 20.5 Å². The predicted molar refractivity (Wildman–Crippen MR) is 90.3 cm³/mol. The lowest BCUT2D eigenvalue weighted by atomic mass is 10.2. The summed E-state index contributed by atoms with van der Waals surface area (Å²) in [6.07, 6.45) is 1.28. The summed E-state index contributed by atoms with van der Waals surface area (Å²) < 4.78 is 24.0. The van der Waals surface area contributed by atoms with E-state index in [-0.39, 0.29) is 11.4 Å². The van der Waals surface area contributed by atoms with Gasteiger partial charge in [-0.25, -0.2) is 8.42 Å². The van der Waals surface area contributed by atoms with Gasteiger partial charge in [0.2, 0.25) is 0 Å². The molecule has 0 unspecified atom stereocenters. The highest BCUT2D eigenvalue weighted by atomic mass is 32.2. The molecule has 0 aliphatic rings. The van der Waals surface area contributed by atoms with Crippen molar-refractivity contribution in [3.05, 3.63) is 32.4 Å². The molecule has 0 saturated carbocycles. The minimum Gasteiger partial charge on any atom is -0.360 e. The zero-order valence-corrected chi connectivity index (χ0v) is 14.7. The van der Waals surface area contributed by atoms with Crippen LogP contribution >= 0.6 is 0 Å². The molecular formula is C14H21N3O6S. The third-order valence-electron chi connectivity index (χ3n) is 3.48. The van der Waals surface area contributed by atoms with Crippen molar-refractivity contribution in [1.82, 2.24) is 0 Å². The molecule has 0 N–H and O–H groups in total. The van der Waals surface area contributed by atoms with Crippen molar-refractivity contribution in [3.63, 3.8) is 0 Å². The molecule has 1 aromatic carbocycles. The number of benzene rings is 1. The van der Waals surface area contributed by atoms with E-state index in [1.165, 1.54) is 6.92 Å². The number of nitro benzene ring substituents is 2. The molecule has 0 spiro atoms. The van der Waals surface area contributed by atoms with Crippen LogP contribution in [0.3, 0.4) is 0 Å². The summed E-state index contributed by atoms with van der Waals surface area (Å²) in [7, 11) is -3.80. The van der Waals surface area contributed by atoms with E-state index >= 15 is 0 Å². The van der Waals surface area contributed by atoms with Crippen molar-refractivity contribution in [1.29, 1.82) is 0 Å². The minimum absolute atomic E-state index is 0.135. The van der Waals surface area contributed by atoms with Crippen molar-refractivity contribution in [2.24, 2.45) is 0 Å². The van der Waals surface area contributed by atoms with Gasteiger partial charge in [-0.1, -0.05) is 20.8 Å². The van der Waals surface area contributed by atoms with Gasteiger partial charge in [0.15, 0.2) is 15.5 Å². The second kappa shape index (κ2) is 8.04. The zero-order chi connectivity index (χ0) is 18.5. The summed E-state index contributed by atoms with van der Waals surface area (Å²) in [5.41, 5.74) is -1.25. The van der Waals surface area contributed by atoms with Crippen molar-refractivity contribution in [2.75, 3.05) is 23.7 Å². The summed E-state index contributed by atoms with van der Waals surface area (Å²) >= 11 is 0. The van der Waals surface area contributed by atoms with Crippen LogP contribution in [0, 0.1) is 20.2 Å². The Morgan fingerprint density at radius 2 is 1.38 bits per heavy atom. The first-order valence-electron chi connectivity index (χ1n) is 7.64. The fraction of sp³-hybridized carbons (Fsp3) is 0.571. The Balaban J connectivity index is 3.79. The SMILES string of the molecule is CCCN(CCC)c1c([N+](=O)[O-])cc(S(=O)(=O)CC)cc1[N+](=O)[O-]. The molecule has 0 radical (unpaired) electrons. The van der Waals surface area contributed by atoms with E-state index in [9.17, 15) is 28.6 Å². The highest BCUT2D eigenvalue weighted by Gasteiger charge is 2.33. The normalized spacial score (nSPS) is 11.3. The van der Waals surface area contributed by atoms with Gasteiger partial charge in [-0.15, -0.1) is 0 Å². The van der Waals surface area contributed by atoms with Crippen molar-refractivity contribution in [2.45, 2.75) is 38.5 Å². The number of nitro groups is 2. The van der Waals surface area contributed by atoms with E-state index in [1.807, 2.05) is 13.8 Å². The average Bonchev–Trinajstić information content (AvgIpc) is 2.53. The van der Waals surface area contributed by atoms with Gasteiger partial charge in [0, 0.05) is 25.2 Å². The summed E-state index contributed by atoms with van der Waals surface area (Å²) in [5, 5.41) is 22.9. The topological polar surface area (TPSA) is 124 Å². The highest BCUT2D eigenvalue weighted by molar-refractivity contribution is 7.91. The summed E-state index contributed by atoms with van der Waals surface area (Å²) in [6.45, 7) is 5.89. The lowest BCUT2D eigenvalue weighted by molar-refractivity contribution is -0.393. The quantitative estimate of drug-likeness (QED) is 0.490. The molecule has 0 saturated heterocycles. The van der Waals surface area contributed by atoms with Crippen LogP contribution in [0.25, 0.3) is 0 Å². The molecule has 0 heterocycles. The minimum atomic E-state index is -3.80. The third kappa shape index (κ3) is 4.19. The fourth-order valence-corrected chi connectivity index (χ4v) is 3.32. The molecule has 10 heteroatoms. The van der Waals surface area contributed by atoms with Crippen LogP contribution in [0.1, 0.15) is 33.6 Å². The van der Waals surface area contributed by atoms with Gasteiger partial charge in [-0.2, -0.15) is 0 Å². The Labute approximate surface area is 140 Å². The zero-order valence-electron chi connectivity index (χ0n) is 13.9. The Morgan fingerprint density at radius 3 is 1.67 bits per heavy atom. The number of hydrogen-bond donors (Lipinski definition) is 0. The van der Waals surface area contributed by atoms with Gasteiger partial charge in [0.25, 0.3) is 0 Å². The van der Waals surface area contributed by atoms with Crippen LogP contribution < -0.4 is 4.90 Å². The van der Waals surface area contributed by atoms with Crippen molar-refractivity contribution in [3.8, 4) is 0 Å². The van der Waals surface area contributed by atoms with Gasteiger partial charge in [0.1, 0.15) is 0 Å². The van der Waals surface area contributed by atoms with Gasteiger partial charge < -0.3 is 4.90 Å². The predicted octanol–water partition coefficient (Wildman–Crippen LogP) is 2.92. The van der Waals surface area contributed by atoms with E-state index in [2.05, 4.69) is 0 Å². The second-order valence-corrected chi connectivity index (χ2v) is 7.49. The molecular weight excluding hydrogens is 338 g/mol. The Bertz CT molecular complexity index is 691. The van der Waals surface area contributed by atoms with E-state index in [1.54, 1.807) is 4.90 Å². The first-order chi connectivity index (χ1) is 11.2. The Morgan fingerprint density at radius 1 is 0.958 bits per heavy atom. The molecule has 0 amide bonds. The van der Waals surface area contributed by atoms with Crippen LogP contribution in [-0.4, -0.2) is 37.1 Å². The standard InChI is InChI=1S/C14H21N3O6S/c1-4-7-15(8-5-2)14-12(16(18)19)9-11(24(22,23)6-3)10-13(14)17(20)21/h9-10H,4-8H2,1-3H3. The summed E-state index contributed by atoms with van der Waals surface area (Å²) in [5.74, 6) is -0.297. The maximum Gasteiger partial charge on any atom is 0.300 e. The number of anilines is 1. The van der Waals surface area contributed by atoms with E-state index in [0.717, 1.165) is 12.1 Å². The number of nitrogens with zero attached hydrogens (tertiary/aromatic N) is 3. The molecule has 0 bridgehead atoms. The smallest absolute Gasteiger partial charge is 0.300 e. The molecule has 0 fully saturated rings. The summed E-state index contributed by atoms with van der Waals surface area (Å²) in [6, 6.07) is 1.83. The van der Waals surface area contributed by atoms with Crippen LogP contribution in [-0.2, 0) is 9.84 Å². The van der Waals surface area contributed by atoms with E-state index in [4.69, 9.17) is 0 Å². The van der Waals surface area contributed by atoms with Gasteiger partial charge in [-0.05, 0) is 12.8 Å². The molecule has 134 valence electrons. The lowest BCUT2D eigenvalue weighted by Crippen LogP contribution is -2.27. The van der Waals surface area contributed by atoms with Gasteiger partial charge >= 0.3 is 11.4 Å². The molecule has 24 heavy (non-hydrogen) atoms. The maximum atomic E-state index is 12.0. The Kier molecular flexibility index (Phi) is 6.64. The van der Waals surface area contributed by atoms with Crippen LogP contribution in [0.2, 0.25) is 0 Å². The molecule has 1 rings (SSSR count). The first-order valence-corrected chi connectivity index (χ1v) is 9.29. The monoisotopic (exact) mass is 359 g/mol. The lowest BCUT2D eigenvalue weighted by Gasteiger charge is -2.23. The first kappa shape index (κ1) is 19.8. The molecule has 0 aliphatic carbocycles.